The number of benzene rings is 1. The van der Waals surface area contributed by atoms with Gasteiger partial charge < -0.3 is 14.0 Å². The molecule has 1 fully saturated rings. The first-order chi connectivity index (χ1) is 9.34. The maximum absolute atomic E-state index is 6.12. The summed E-state index contributed by atoms with van der Waals surface area (Å²) in [5, 5.41) is 0. The van der Waals surface area contributed by atoms with Crippen LogP contribution in [-0.4, -0.2) is 25.4 Å². The van der Waals surface area contributed by atoms with Crippen LogP contribution in [0.3, 0.4) is 0 Å². The Hall–Kier alpha value is -1.26. The molecule has 0 radical (unpaired) electrons. The molecule has 0 N–H and O–H groups in total. The molecule has 1 aromatic rings. The third-order valence-corrected chi connectivity index (χ3v) is 4.67. The van der Waals surface area contributed by atoms with Crippen molar-refractivity contribution >= 4 is 13.2 Å². The summed E-state index contributed by atoms with van der Waals surface area (Å²) in [5.41, 5.74) is 3.01. The average molecular weight is 272 g/mol. The van der Waals surface area contributed by atoms with E-state index in [0.717, 1.165) is 12.2 Å². The highest BCUT2D eigenvalue weighted by molar-refractivity contribution is 6.56. The largest absolute Gasteiger partial charge is 0.496 e. The normalized spacial score (nSPS) is 22.6. The van der Waals surface area contributed by atoms with Gasteiger partial charge in [-0.2, -0.15) is 0 Å². The van der Waals surface area contributed by atoms with E-state index in [2.05, 4.69) is 39.8 Å². The van der Waals surface area contributed by atoms with E-state index in [9.17, 15) is 0 Å². The molecule has 1 heterocycles. The van der Waals surface area contributed by atoms with Gasteiger partial charge >= 0.3 is 7.12 Å². The topological polar surface area (TPSA) is 27.7 Å². The summed E-state index contributed by atoms with van der Waals surface area (Å²) >= 11 is 0. The molecule has 20 heavy (non-hydrogen) atoms. The molecule has 0 spiro atoms. The van der Waals surface area contributed by atoms with Crippen LogP contribution in [0.25, 0.3) is 6.08 Å². The maximum atomic E-state index is 6.12. The summed E-state index contributed by atoms with van der Waals surface area (Å²) in [5.74, 6) is 0.935. The third-order valence-electron chi connectivity index (χ3n) is 4.67. The van der Waals surface area contributed by atoms with Gasteiger partial charge in [0.2, 0.25) is 0 Å². The molecule has 0 atom stereocenters. The van der Waals surface area contributed by atoms with Crippen molar-refractivity contribution in [2.45, 2.75) is 45.3 Å². The standard InChI is InChI=1S/C16H21BO3/c1-15(2)16(3,4)20-17(19-15)12-9-11-7-6-8-14(18-5)13(11)10-12/h6-9H,10H2,1-5H3. The zero-order valence-corrected chi connectivity index (χ0v) is 12.8. The lowest BCUT2D eigenvalue weighted by Gasteiger charge is -2.32. The Balaban J connectivity index is 1.86. The number of fused-ring (bicyclic) bond motifs is 1. The van der Waals surface area contributed by atoms with Crippen LogP contribution < -0.4 is 4.74 Å². The van der Waals surface area contributed by atoms with Crippen LogP contribution in [0.1, 0.15) is 38.8 Å². The molecule has 3 rings (SSSR count). The van der Waals surface area contributed by atoms with Crippen LogP contribution in [-0.2, 0) is 15.7 Å². The van der Waals surface area contributed by atoms with E-state index < -0.39 is 0 Å². The van der Waals surface area contributed by atoms with Crippen LogP contribution >= 0.6 is 0 Å². The van der Waals surface area contributed by atoms with Crippen molar-refractivity contribution in [2.75, 3.05) is 7.11 Å². The van der Waals surface area contributed by atoms with Crippen LogP contribution in [0, 0.1) is 0 Å². The number of ether oxygens (including phenoxy) is 1. The Morgan fingerprint density at radius 1 is 1.10 bits per heavy atom. The van der Waals surface area contributed by atoms with Gasteiger partial charge in [-0.3, -0.25) is 0 Å². The zero-order valence-electron chi connectivity index (χ0n) is 12.8. The molecule has 0 bridgehead atoms. The van der Waals surface area contributed by atoms with Gasteiger partial charge in [-0.15, -0.1) is 0 Å². The monoisotopic (exact) mass is 272 g/mol. The second-order valence-electron chi connectivity index (χ2n) is 6.51. The Morgan fingerprint density at radius 2 is 1.75 bits per heavy atom. The van der Waals surface area contributed by atoms with Crippen LogP contribution in [0.4, 0.5) is 0 Å². The molecule has 106 valence electrons. The smallest absolute Gasteiger partial charge is 0.490 e. The summed E-state index contributed by atoms with van der Waals surface area (Å²) in [6.07, 6.45) is 3.00. The molecule has 4 heteroatoms. The molecule has 1 aromatic carbocycles. The van der Waals surface area contributed by atoms with E-state index >= 15 is 0 Å². The quantitative estimate of drug-likeness (QED) is 0.773. The van der Waals surface area contributed by atoms with E-state index in [4.69, 9.17) is 14.0 Å². The minimum absolute atomic E-state index is 0.267. The van der Waals surface area contributed by atoms with Gasteiger partial charge in [0.15, 0.2) is 0 Å². The van der Waals surface area contributed by atoms with Crippen LogP contribution in [0.15, 0.2) is 23.7 Å². The van der Waals surface area contributed by atoms with Gasteiger partial charge in [-0.25, -0.2) is 0 Å². The lowest BCUT2D eigenvalue weighted by molar-refractivity contribution is 0.00578. The van der Waals surface area contributed by atoms with E-state index in [1.54, 1.807) is 7.11 Å². The Labute approximate surface area is 121 Å². The van der Waals surface area contributed by atoms with E-state index in [0.29, 0.717) is 0 Å². The van der Waals surface area contributed by atoms with Crippen molar-refractivity contribution in [3.63, 3.8) is 0 Å². The van der Waals surface area contributed by atoms with E-state index in [1.165, 1.54) is 16.6 Å². The second kappa shape index (κ2) is 4.37. The molecule has 1 aliphatic carbocycles. The van der Waals surface area contributed by atoms with Crippen LogP contribution in [0.2, 0.25) is 0 Å². The average Bonchev–Trinajstić information content (AvgIpc) is 2.88. The van der Waals surface area contributed by atoms with Crippen molar-refractivity contribution in [3.05, 3.63) is 34.8 Å². The predicted octanol–water partition coefficient (Wildman–Crippen LogP) is 3.27. The van der Waals surface area contributed by atoms with Gasteiger partial charge in [-0.05, 0) is 51.2 Å². The summed E-state index contributed by atoms with van der Waals surface area (Å²) in [6, 6.07) is 6.12. The highest BCUT2D eigenvalue weighted by Crippen LogP contribution is 2.42. The molecule has 0 unspecified atom stereocenters. The predicted molar refractivity (Wildman–Crippen MR) is 80.8 cm³/mol. The molecule has 0 aromatic heterocycles. The summed E-state index contributed by atoms with van der Waals surface area (Å²) in [6.45, 7) is 8.32. The number of rotatable bonds is 2. The summed E-state index contributed by atoms with van der Waals surface area (Å²) in [7, 11) is 1.44. The molecular formula is C16H21BO3. The fourth-order valence-electron chi connectivity index (χ4n) is 2.70. The first-order valence-corrected chi connectivity index (χ1v) is 7.06. The second-order valence-corrected chi connectivity index (χ2v) is 6.51. The van der Waals surface area contributed by atoms with Crippen molar-refractivity contribution < 1.29 is 14.0 Å². The first kappa shape index (κ1) is 13.7. The van der Waals surface area contributed by atoms with Crippen molar-refractivity contribution in [2.24, 2.45) is 0 Å². The zero-order chi connectivity index (χ0) is 14.5. The fraction of sp³-hybridized carbons (Fsp3) is 0.500. The number of hydrogen-bond donors (Lipinski definition) is 0. The van der Waals surface area contributed by atoms with Gasteiger partial charge in [0, 0.05) is 5.56 Å². The van der Waals surface area contributed by atoms with Gasteiger partial charge in [-0.1, -0.05) is 18.2 Å². The number of allylic oxidation sites excluding steroid dienone is 1. The lowest BCUT2D eigenvalue weighted by Crippen LogP contribution is -2.41. The summed E-state index contributed by atoms with van der Waals surface area (Å²) < 4.78 is 17.7. The van der Waals surface area contributed by atoms with Crippen molar-refractivity contribution in [1.82, 2.24) is 0 Å². The highest BCUT2D eigenvalue weighted by Gasteiger charge is 2.52. The third kappa shape index (κ3) is 1.98. The van der Waals surface area contributed by atoms with E-state index in [1.807, 2.05) is 12.1 Å². The van der Waals surface area contributed by atoms with Gasteiger partial charge in [0.1, 0.15) is 5.75 Å². The SMILES string of the molecule is COc1cccc2c1CC(B1OC(C)(C)C(C)(C)O1)=C2. The van der Waals surface area contributed by atoms with Gasteiger partial charge in [0.05, 0.1) is 18.3 Å². The van der Waals surface area contributed by atoms with E-state index in [-0.39, 0.29) is 18.3 Å². The van der Waals surface area contributed by atoms with Gasteiger partial charge in [0.25, 0.3) is 0 Å². The first-order valence-electron chi connectivity index (χ1n) is 7.06. The molecule has 0 saturated carbocycles. The molecule has 3 nitrogen and oxygen atoms in total. The fourth-order valence-corrected chi connectivity index (χ4v) is 2.70. The number of hydrogen-bond acceptors (Lipinski definition) is 3. The molecular weight excluding hydrogens is 251 g/mol. The minimum atomic E-state index is -0.294. The lowest BCUT2D eigenvalue weighted by atomic mass is 9.77. The summed E-state index contributed by atoms with van der Waals surface area (Å²) in [4.78, 5) is 0. The Morgan fingerprint density at radius 3 is 2.35 bits per heavy atom. The highest BCUT2D eigenvalue weighted by atomic mass is 16.7. The minimum Gasteiger partial charge on any atom is -0.496 e. The Kier molecular flexibility index (Phi) is 3.00. The van der Waals surface area contributed by atoms with Crippen molar-refractivity contribution in [1.29, 1.82) is 0 Å². The maximum Gasteiger partial charge on any atom is 0.490 e. The molecule has 2 aliphatic rings. The van der Waals surface area contributed by atoms with Crippen molar-refractivity contribution in [3.8, 4) is 5.75 Å². The van der Waals surface area contributed by atoms with Crippen LogP contribution in [0.5, 0.6) is 5.75 Å². The Bertz CT molecular complexity index is 559. The molecule has 1 aliphatic heterocycles. The molecule has 1 saturated heterocycles. The number of methoxy groups -OCH3 is 1. The molecule has 0 amide bonds.